The summed E-state index contributed by atoms with van der Waals surface area (Å²) >= 11 is 0. The summed E-state index contributed by atoms with van der Waals surface area (Å²) in [6, 6.07) is 1.75. The number of nitrogens with one attached hydrogen (secondary N) is 3. The Labute approximate surface area is 103 Å². The van der Waals surface area contributed by atoms with Gasteiger partial charge in [-0.05, 0) is 25.5 Å². The van der Waals surface area contributed by atoms with Gasteiger partial charge in [0.25, 0.3) is 11.5 Å². The first kappa shape index (κ1) is 12.0. The Morgan fingerprint density at radius 1 is 1.39 bits per heavy atom. The summed E-state index contributed by atoms with van der Waals surface area (Å²) < 4.78 is 0. The summed E-state index contributed by atoms with van der Waals surface area (Å²) in [4.78, 5) is 23.5. The van der Waals surface area contributed by atoms with Crippen molar-refractivity contribution < 1.29 is 4.79 Å². The lowest BCUT2D eigenvalue weighted by molar-refractivity contribution is 0.0948. The van der Waals surface area contributed by atoms with Crippen molar-refractivity contribution in [1.29, 1.82) is 0 Å². The average molecular weight is 247 g/mol. The molecule has 0 spiro atoms. The van der Waals surface area contributed by atoms with E-state index in [1.165, 1.54) is 0 Å². The van der Waals surface area contributed by atoms with E-state index in [0.29, 0.717) is 17.8 Å². The Balaban J connectivity index is 2.19. The quantitative estimate of drug-likeness (QED) is 0.712. The molecule has 0 atom stereocenters. The third-order valence-electron chi connectivity index (χ3n) is 2.69. The van der Waals surface area contributed by atoms with Crippen LogP contribution in [0.25, 0.3) is 0 Å². The van der Waals surface area contributed by atoms with Crippen LogP contribution in [0, 0.1) is 13.8 Å². The van der Waals surface area contributed by atoms with Crippen molar-refractivity contribution in [3.63, 3.8) is 0 Å². The first-order valence-electron chi connectivity index (χ1n) is 5.42. The molecule has 0 saturated heterocycles. The predicted octanol–water partition coefficient (Wildman–Crippen LogP) is 0.0398. The van der Waals surface area contributed by atoms with Gasteiger partial charge in [0.1, 0.15) is 5.56 Å². The Hall–Kier alpha value is -2.44. The molecule has 2 aromatic rings. The molecule has 2 aromatic heterocycles. The van der Waals surface area contributed by atoms with Gasteiger partial charge in [0.15, 0.2) is 0 Å². The average Bonchev–Trinajstić information content (AvgIpc) is 2.85. The van der Waals surface area contributed by atoms with Crippen LogP contribution in [0.4, 0.5) is 0 Å². The van der Waals surface area contributed by atoms with Gasteiger partial charge in [-0.2, -0.15) is 10.2 Å². The molecule has 2 heterocycles. The number of carbonyl (C=O) groups is 1. The molecule has 0 aliphatic carbocycles. The van der Waals surface area contributed by atoms with E-state index in [1.54, 1.807) is 26.1 Å². The summed E-state index contributed by atoms with van der Waals surface area (Å²) in [6.45, 7) is 3.72. The second-order valence-electron chi connectivity index (χ2n) is 3.90. The highest BCUT2D eigenvalue weighted by molar-refractivity contribution is 5.95. The summed E-state index contributed by atoms with van der Waals surface area (Å²) in [5.74, 6) is -0.422. The number of carbonyl (C=O) groups excluding carboxylic acids is 1. The molecule has 0 radical (unpaired) electrons. The lowest BCUT2D eigenvalue weighted by Crippen LogP contribution is -2.31. The van der Waals surface area contributed by atoms with E-state index in [-0.39, 0.29) is 5.56 Å². The third-order valence-corrected chi connectivity index (χ3v) is 2.69. The van der Waals surface area contributed by atoms with Crippen molar-refractivity contribution in [1.82, 2.24) is 25.7 Å². The van der Waals surface area contributed by atoms with Crippen LogP contribution in [0.2, 0.25) is 0 Å². The van der Waals surface area contributed by atoms with Gasteiger partial charge in [-0.1, -0.05) is 0 Å². The van der Waals surface area contributed by atoms with Crippen molar-refractivity contribution in [3.8, 4) is 0 Å². The zero-order chi connectivity index (χ0) is 13.1. The summed E-state index contributed by atoms with van der Waals surface area (Å²) in [7, 11) is 0. The number of aryl methyl sites for hydroxylation is 1. The third kappa shape index (κ3) is 2.29. The SMILES string of the molecule is Cc1n[nH]c(=O)c(C(=O)NCc2ccn[nH]2)c1C. The molecule has 7 nitrogen and oxygen atoms in total. The van der Waals surface area contributed by atoms with E-state index in [9.17, 15) is 9.59 Å². The molecule has 0 fully saturated rings. The van der Waals surface area contributed by atoms with Crippen LogP contribution >= 0.6 is 0 Å². The van der Waals surface area contributed by atoms with E-state index in [4.69, 9.17) is 0 Å². The molecule has 7 heteroatoms. The molecule has 3 N–H and O–H groups in total. The van der Waals surface area contributed by atoms with Crippen LogP contribution in [0.5, 0.6) is 0 Å². The summed E-state index contributed by atoms with van der Waals surface area (Å²) in [5.41, 5.74) is 1.59. The van der Waals surface area contributed by atoms with Crippen molar-refractivity contribution in [2.75, 3.05) is 0 Å². The van der Waals surface area contributed by atoms with Crippen molar-refractivity contribution >= 4 is 5.91 Å². The molecule has 0 unspecified atom stereocenters. The van der Waals surface area contributed by atoms with Gasteiger partial charge in [-0.15, -0.1) is 0 Å². The van der Waals surface area contributed by atoms with E-state index < -0.39 is 11.5 Å². The van der Waals surface area contributed by atoms with Gasteiger partial charge in [-0.25, -0.2) is 5.10 Å². The fourth-order valence-electron chi connectivity index (χ4n) is 1.55. The minimum atomic E-state index is -0.486. The maximum atomic E-state index is 11.9. The number of H-pyrrole nitrogens is 2. The van der Waals surface area contributed by atoms with Crippen LogP contribution in [0.3, 0.4) is 0 Å². The lowest BCUT2D eigenvalue weighted by Gasteiger charge is -2.06. The van der Waals surface area contributed by atoms with Crippen molar-refractivity contribution in [2.45, 2.75) is 20.4 Å². The molecule has 0 aromatic carbocycles. The highest BCUT2D eigenvalue weighted by Crippen LogP contribution is 2.05. The van der Waals surface area contributed by atoms with Crippen LogP contribution in [0.15, 0.2) is 17.1 Å². The van der Waals surface area contributed by atoms with E-state index in [1.807, 2.05) is 0 Å². The summed E-state index contributed by atoms with van der Waals surface area (Å²) in [5, 5.41) is 15.2. The maximum Gasteiger partial charge on any atom is 0.277 e. The molecule has 0 saturated carbocycles. The first-order valence-corrected chi connectivity index (χ1v) is 5.42. The normalized spacial score (nSPS) is 10.3. The van der Waals surface area contributed by atoms with Gasteiger partial charge in [0, 0.05) is 6.20 Å². The number of aromatic amines is 2. The monoisotopic (exact) mass is 247 g/mol. The molecular weight excluding hydrogens is 234 g/mol. The maximum absolute atomic E-state index is 11.9. The lowest BCUT2D eigenvalue weighted by atomic mass is 10.1. The molecule has 18 heavy (non-hydrogen) atoms. The van der Waals surface area contributed by atoms with Gasteiger partial charge in [0.05, 0.1) is 17.9 Å². The van der Waals surface area contributed by atoms with Gasteiger partial charge in [0.2, 0.25) is 0 Å². The fourth-order valence-corrected chi connectivity index (χ4v) is 1.55. The number of rotatable bonds is 3. The molecule has 0 aliphatic heterocycles. The van der Waals surface area contributed by atoms with Gasteiger partial charge in [-0.3, -0.25) is 14.7 Å². The first-order chi connectivity index (χ1) is 8.59. The number of hydrogen-bond acceptors (Lipinski definition) is 4. The zero-order valence-corrected chi connectivity index (χ0v) is 10.1. The number of aromatic nitrogens is 4. The zero-order valence-electron chi connectivity index (χ0n) is 10.1. The molecule has 2 rings (SSSR count). The molecule has 94 valence electrons. The highest BCUT2D eigenvalue weighted by Gasteiger charge is 2.15. The van der Waals surface area contributed by atoms with E-state index in [2.05, 4.69) is 25.7 Å². The van der Waals surface area contributed by atoms with Gasteiger partial charge >= 0.3 is 0 Å². The van der Waals surface area contributed by atoms with Gasteiger partial charge < -0.3 is 5.32 Å². The Kier molecular flexibility index (Phi) is 3.22. The minimum absolute atomic E-state index is 0.0991. The van der Waals surface area contributed by atoms with Crippen LogP contribution in [0.1, 0.15) is 27.3 Å². The van der Waals surface area contributed by atoms with E-state index >= 15 is 0 Å². The molecule has 0 aliphatic rings. The van der Waals surface area contributed by atoms with E-state index in [0.717, 1.165) is 5.69 Å². The Morgan fingerprint density at radius 2 is 2.17 bits per heavy atom. The molecule has 0 bridgehead atoms. The highest BCUT2D eigenvalue weighted by atomic mass is 16.2. The molecular formula is C11H13N5O2. The smallest absolute Gasteiger partial charge is 0.277 e. The standard InChI is InChI=1S/C11H13N5O2/c1-6-7(2)14-16-11(18)9(6)10(17)12-5-8-3-4-13-15-8/h3-4H,5H2,1-2H3,(H,12,17)(H,13,15)(H,16,18). The minimum Gasteiger partial charge on any atom is -0.346 e. The second-order valence-corrected chi connectivity index (χ2v) is 3.90. The number of amides is 1. The number of hydrogen-bond donors (Lipinski definition) is 3. The second kappa shape index (κ2) is 4.82. The van der Waals surface area contributed by atoms with Crippen molar-refractivity contribution in [3.05, 3.63) is 45.1 Å². The fraction of sp³-hybridized carbons (Fsp3) is 0.273. The van der Waals surface area contributed by atoms with Crippen LogP contribution in [-0.4, -0.2) is 26.3 Å². The topological polar surface area (TPSA) is 104 Å². The summed E-state index contributed by atoms with van der Waals surface area (Å²) in [6.07, 6.45) is 1.59. The van der Waals surface area contributed by atoms with Crippen LogP contribution < -0.4 is 10.9 Å². The van der Waals surface area contributed by atoms with Crippen molar-refractivity contribution in [2.24, 2.45) is 0 Å². The largest absolute Gasteiger partial charge is 0.346 e. The Morgan fingerprint density at radius 3 is 2.83 bits per heavy atom. The predicted molar refractivity (Wildman–Crippen MR) is 64.1 cm³/mol. The Bertz CT molecular complexity index is 615. The van der Waals surface area contributed by atoms with Crippen LogP contribution in [-0.2, 0) is 6.54 Å². The number of nitrogens with zero attached hydrogens (tertiary/aromatic N) is 2. The molecule has 1 amide bonds.